The molecule has 1 unspecified atom stereocenters. The Bertz CT molecular complexity index is 805. The third kappa shape index (κ3) is 6.89. The SMILES string of the molecule is CCCCNS(=O)(=O)C(C(=O)O)C1CCC(CCN2CCN(c3ccncc3)CC2)CC1. The number of carboxylic acid groups (broad SMARTS) is 1. The minimum Gasteiger partial charge on any atom is -0.480 e. The van der Waals surface area contributed by atoms with E-state index in [1.54, 1.807) is 0 Å². The van der Waals surface area contributed by atoms with Gasteiger partial charge in [-0.15, -0.1) is 0 Å². The van der Waals surface area contributed by atoms with Gasteiger partial charge in [0, 0.05) is 50.8 Å². The van der Waals surface area contributed by atoms with Crippen LogP contribution in [0.2, 0.25) is 0 Å². The molecule has 1 atom stereocenters. The molecule has 180 valence electrons. The maximum absolute atomic E-state index is 12.6. The second kappa shape index (κ2) is 12.0. The summed E-state index contributed by atoms with van der Waals surface area (Å²) in [6.45, 7) is 7.46. The van der Waals surface area contributed by atoms with Crippen molar-refractivity contribution in [2.45, 2.75) is 57.1 Å². The summed E-state index contributed by atoms with van der Waals surface area (Å²) < 4.78 is 27.7. The first-order valence-electron chi connectivity index (χ1n) is 12.0. The van der Waals surface area contributed by atoms with Crippen molar-refractivity contribution in [1.82, 2.24) is 14.6 Å². The molecule has 0 spiro atoms. The smallest absolute Gasteiger partial charge is 0.323 e. The maximum Gasteiger partial charge on any atom is 0.323 e. The largest absolute Gasteiger partial charge is 0.480 e. The van der Waals surface area contributed by atoms with Crippen LogP contribution < -0.4 is 9.62 Å². The molecule has 1 aliphatic heterocycles. The van der Waals surface area contributed by atoms with E-state index in [-0.39, 0.29) is 5.92 Å². The van der Waals surface area contributed by atoms with E-state index < -0.39 is 21.2 Å². The predicted molar refractivity (Wildman–Crippen MR) is 126 cm³/mol. The standard InChI is InChI=1S/C23H38N4O4S/c1-2-3-11-25-32(30,31)22(23(28)29)20-6-4-19(5-7-20)10-14-26-15-17-27(18-16-26)21-8-12-24-13-9-21/h8-9,12-13,19-20,22,25H,2-7,10-11,14-18H2,1H3,(H,28,29). The summed E-state index contributed by atoms with van der Waals surface area (Å²) in [6.07, 6.45) is 9.52. The molecule has 32 heavy (non-hydrogen) atoms. The molecule has 2 aliphatic rings. The van der Waals surface area contributed by atoms with Crippen LogP contribution in [0, 0.1) is 11.8 Å². The molecule has 0 aromatic carbocycles. The Hall–Kier alpha value is -1.71. The van der Waals surface area contributed by atoms with E-state index in [9.17, 15) is 18.3 Å². The van der Waals surface area contributed by atoms with Crippen molar-refractivity contribution >= 4 is 21.7 Å². The highest BCUT2D eigenvalue weighted by Crippen LogP contribution is 2.35. The number of pyridine rings is 1. The molecule has 1 saturated heterocycles. The third-order valence-electron chi connectivity index (χ3n) is 6.98. The Morgan fingerprint density at radius 1 is 1.16 bits per heavy atom. The van der Waals surface area contributed by atoms with Crippen LogP contribution in [0.3, 0.4) is 0 Å². The van der Waals surface area contributed by atoms with Crippen molar-refractivity contribution in [3.63, 3.8) is 0 Å². The van der Waals surface area contributed by atoms with E-state index in [1.807, 2.05) is 19.3 Å². The van der Waals surface area contributed by atoms with E-state index in [4.69, 9.17) is 0 Å². The summed E-state index contributed by atoms with van der Waals surface area (Å²) >= 11 is 0. The molecular weight excluding hydrogens is 428 g/mol. The molecule has 3 rings (SSSR count). The van der Waals surface area contributed by atoms with Crippen LogP contribution in [0.25, 0.3) is 0 Å². The number of carbonyl (C=O) groups is 1. The number of aromatic nitrogens is 1. The fraction of sp³-hybridized carbons (Fsp3) is 0.739. The first kappa shape index (κ1) is 24.9. The molecular formula is C23H38N4O4S. The Morgan fingerprint density at radius 2 is 1.81 bits per heavy atom. The van der Waals surface area contributed by atoms with Gasteiger partial charge in [0.2, 0.25) is 10.0 Å². The highest BCUT2D eigenvalue weighted by molar-refractivity contribution is 7.90. The van der Waals surface area contributed by atoms with E-state index in [0.717, 1.165) is 64.8 Å². The summed E-state index contributed by atoms with van der Waals surface area (Å²) in [7, 11) is -3.83. The lowest BCUT2D eigenvalue weighted by molar-refractivity contribution is -0.137. The van der Waals surface area contributed by atoms with Gasteiger partial charge in [-0.3, -0.25) is 14.7 Å². The fourth-order valence-electron chi connectivity index (χ4n) is 5.00. The molecule has 1 aromatic heterocycles. The molecule has 1 aromatic rings. The van der Waals surface area contributed by atoms with Gasteiger partial charge in [0.15, 0.2) is 5.25 Å². The van der Waals surface area contributed by atoms with Crippen LogP contribution in [0.15, 0.2) is 24.5 Å². The number of rotatable bonds is 11. The number of carboxylic acids is 1. The zero-order valence-electron chi connectivity index (χ0n) is 19.2. The molecule has 0 amide bonds. The van der Waals surface area contributed by atoms with Gasteiger partial charge < -0.3 is 10.0 Å². The first-order chi connectivity index (χ1) is 15.4. The topological polar surface area (TPSA) is 103 Å². The number of nitrogens with one attached hydrogen (secondary N) is 1. The minimum atomic E-state index is -3.83. The summed E-state index contributed by atoms with van der Waals surface area (Å²) in [4.78, 5) is 20.8. The average Bonchev–Trinajstić information content (AvgIpc) is 2.79. The first-order valence-corrected chi connectivity index (χ1v) is 13.5. The zero-order valence-corrected chi connectivity index (χ0v) is 20.0. The molecule has 2 fully saturated rings. The van der Waals surface area contributed by atoms with E-state index >= 15 is 0 Å². The molecule has 2 heterocycles. The van der Waals surface area contributed by atoms with Crippen LogP contribution in [0.1, 0.15) is 51.9 Å². The monoisotopic (exact) mass is 466 g/mol. The zero-order chi connectivity index (χ0) is 23.0. The van der Waals surface area contributed by atoms with E-state index in [1.165, 1.54) is 5.69 Å². The Balaban J connectivity index is 1.41. The van der Waals surface area contributed by atoms with E-state index in [0.29, 0.717) is 25.3 Å². The highest BCUT2D eigenvalue weighted by Gasteiger charge is 2.41. The summed E-state index contributed by atoms with van der Waals surface area (Å²) in [5.41, 5.74) is 1.23. The van der Waals surface area contributed by atoms with Crippen LogP contribution >= 0.6 is 0 Å². The average molecular weight is 467 g/mol. The number of unbranched alkanes of at least 4 members (excludes halogenated alkanes) is 1. The van der Waals surface area contributed by atoms with Crippen LogP contribution in [0.5, 0.6) is 0 Å². The quantitative estimate of drug-likeness (QED) is 0.483. The number of piperazine rings is 1. The molecule has 8 nitrogen and oxygen atoms in total. The molecule has 9 heteroatoms. The van der Waals surface area contributed by atoms with Crippen molar-refractivity contribution in [3.8, 4) is 0 Å². The van der Waals surface area contributed by atoms with Crippen molar-refractivity contribution < 1.29 is 18.3 Å². The van der Waals surface area contributed by atoms with Gasteiger partial charge in [-0.05, 0) is 56.2 Å². The lowest BCUT2D eigenvalue weighted by atomic mass is 9.79. The normalized spacial score (nSPS) is 23.7. The van der Waals surface area contributed by atoms with Gasteiger partial charge in [0.1, 0.15) is 0 Å². The summed E-state index contributed by atoms with van der Waals surface area (Å²) in [5, 5.41) is 8.30. The predicted octanol–water partition coefficient (Wildman–Crippen LogP) is 2.57. The Kier molecular flexibility index (Phi) is 9.31. The lowest BCUT2D eigenvalue weighted by Gasteiger charge is -2.37. The fourth-order valence-corrected chi connectivity index (χ4v) is 6.65. The van der Waals surface area contributed by atoms with Crippen molar-refractivity contribution in [2.24, 2.45) is 11.8 Å². The minimum absolute atomic E-state index is 0.299. The number of sulfonamides is 1. The molecule has 0 bridgehead atoms. The van der Waals surface area contributed by atoms with Gasteiger partial charge >= 0.3 is 5.97 Å². The lowest BCUT2D eigenvalue weighted by Crippen LogP contribution is -2.47. The van der Waals surface area contributed by atoms with Gasteiger partial charge in [0.25, 0.3) is 0 Å². The Morgan fingerprint density at radius 3 is 2.41 bits per heavy atom. The molecule has 1 aliphatic carbocycles. The van der Waals surface area contributed by atoms with Crippen molar-refractivity contribution in [3.05, 3.63) is 24.5 Å². The van der Waals surface area contributed by atoms with Crippen molar-refractivity contribution in [2.75, 3.05) is 44.2 Å². The number of anilines is 1. The summed E-state index contributed by atoms with van der Waals surface area (Å²) in [6, 6.07) is 4.11. The van der Waals surface area contributed by atoms with Crippen LogP contribution in [-0.2, 0) is 14.8 Å². The van der Waals surface area contributed by atoms with Gasteiger partial charge in [-0.1, -0.05) is 26.2 Å². The second-order valence-electron chi connectivity index (χ2n) is 9.16. The second-order valence-corrected chi connectivity index (χ2v) is 11.0. The number of aliphatic carboxylic acids is 1. The van der Waals surface area contributed by atoms with Crippen molar-refractivity contribution in [1.29, 1.82) is 0 Å². The molecule has 1 saturated carbocycles. The highest BCUT2D eigenvalue weighted by atomic mass is 32.2. The van der Waals surface area contributed by atoms with Gasteiger partial charge in [0.05, 0.1) is 0 Å². The molecule has 2 N–H and O–H groups in total. The van der Waals surface area contributed by atoms with Gasteiger partial charge in [-0.25, -0.2) is 13.1 Å². The molecule has 0 radical (unpaired) electrons. The van der Waals surface area contributed by atoms with Crippen LogP contribution in [-0.4, -0.2) is 73.9 Å². The van der Waals surface area contributed by atoms with Crippen LogP contribution in [0.4, 0.5) is 5.69 Å². The maximum atomic E-state index is 12.6. The summed E-state index contributed by atoms with van der Waals surface area (Å²) in [5.74, 6) is -0.967. The van der Waals surface area contributed by atoms with E-state index in [2.05, 4.69) is 31.6 Å². The number of hydrogen-bond acceptors (Lipinski definition) is 6. The number of hydrogen-bond donors (Lipinski definition) is 2. The third-order valence-corrected chi connectivity index (χ3v) is 8.85. The number of nitrogens with zero attached hydrogens (tertiary/aromatic N) is 3. The van der Waals surface area contributed by atoms with Gasteiger partial charge in [-0.2, -0.15) is 0 Å². The Labute approximate surface area is 192 Å².